The summed E-state index contributed by atoms with van der Waals surface area (Å²) in [6.07, 6.45) is 1.48. The molecule has 12 heteroatoms. The molecule has 2 aromatic carbocycles. The molecular formula is C22H15ClFN7O3. The van der Waals surface area contributed by atoms with Crippen molar-refractivity contribution in [1.82, 2.24) is 20.3 Å². The lowest BCUT2D eigenvalue weighted by Crippen LogP contribution is -2.03. The molecule has 2 N–H and O–H groups in total. The Morgan fingerprint density at radius 3 is 2.50 bits per heavy atom. The first kappa shape index (κ1) is 21.3. The highest BCUT2D eigenvalue weighted by Gasteiger charge is 2.13. The minimum absolute atomic E-state index is 0.194. The van der Waals surface area contributed by atoms with Crippen LogP contribution in [0.25, 0.3) is 22.6 Å². The van der Waals surface area contributed by atoms with E-state index in [1.165, 1.54) is 18.3 Å². The molecule has 0 atom stereocenters. The molecule has 0 bridgehead atoms. The summed E-state index contributed by atoms with van der Waals surface area (Å²) in [5.74, 6) is 1.86. The van der Waals surface area contributed by atoms with E-state index in [4.69, 9.17) is 20.8 Å². The van der Waals surface area contributed by atoms with Gasteiger partial charge in [0.15, 0.2) is 11.6 Å². The molecule has 3 aromatic heterocycles. The fourth-order valence-corrected chi connectivity index (χ4v) is 3.28. The number of methoxy groups -OCH3 is 1. The summed E-state index contributed by atoms with van der Waals surface area (Å²) in [7, 11) is 1.55. The van der Waals surface area contributed by atoms with Crippen molar-refractivity contribution >= 4 is 46.4 Å². The molecule has 0 fully saturated rings. The van der Waals surface area contributed by atoms with Gasteiger partial charge in [0.25, 0.3) is 0 Å². The monoisotopic (exact) mass is 479 g/mol. The van der Waals surface area contributed by atoms with Gasteiger partial charge in [-0.2, -0.15) is 10.1 Å². The van der Waals surface area contributed by atoms with E-state index in [0.29, 0.717) is 33.8 Å². The number of halogens is 2. The second-order valence-electron chi connectivity index (χ2n) is 6.89. The van der Waals surface area contributed by atoms with E-state index in [1.807, 2.05) is 6.07 Å². The van der Waals surface area contributed by atoms with Crippen molar-refractivity contribution in [2.45, 2.75) is 0 Å². The largest absolute Gasteiger partial charge is 0.495 e. The van der Waals surface area contributed by atoms with Crippen LogP contribution >= 0.6 is 11.6 Å². The van der Waals surface area contributed by atoms with Gasteiger partial charge in [-0.25, -0.2) is 14.0 Å². The summed E-state index contributed by atoms with van der Waals surface area (Å²) in [4.78, 5) is 8.64. The average molecular weight is 480 g/mol. The van der Waals surface area contributed by atoms with Gasteiger partial charge in [0.05, 0.1) is 18.3 Å². The highest BCUT2D eigenvalue weighted by Crippen LogP contribution is 2.31. The van der Waals surface area contributed by atoms with Crippen molar-refractivity contribution in [3.8, 4) is 17.1 Å². The Morgan fingerprint density at radius 2 is 1.76 bits per heavy atom. The van der Waals surface area contributed by atoms with Crippen LogP contribution in [0.1, 0.15) is 5.76 Å². The maximum Gasteiger partial charge on any atom is 0.245 e. The quantitative estimate of drug-likeness (QED) is 0.237. The molecule has 0 spiro atoms. The summed E-state index contributed by atoms with van der Waals surface area (Å²) in [5.41, 5.74) is 4.58. The Morgan fingerprint density at radius 1 is 1.00 bits per heavy atom. The van der Waals surface area contributed by atoms with Gasteiger partial charge in [-0.15, -0.1) is 0 Å². The summed E-state index contributed by atoms with van der Waals surface area (Å²) in [6, 6.07) is 14.7. The lowest BCUT2D eigenvalue weighted by atomic mass is 10.2. The predicted octanol–water partition coefficient (Wildman–Crippen LogP) is 5.26. The van der Waals surface area contributed by atoms with E-state index < -0.39 is 0 Å². The van der Waals surface area contributed by atoms with Crippen LogP contribution in [0.5, 0.6) is 5.75 Å². The van der Waals surface area contributed by atoms with E-state index >= 15 is 0 Å². The zero-order valence-corrected chi connectivity index (χ0v) is 18.2. The van der Waals surface area contributed by atoms with Crippen LogP contribution in [0.4, 0.5) is 21.7 Å². The number of hydrogen-bond acceptors (Lipinski definition) is 10. The maximum atomic E-state index is 13.2. The molecule has 170 valence electrons. The maximum absolute atomic E-state index is 13.2. The van der Waals surface area contributed by atoms with Gasteiger partial charge in [-0.1, -0.05) is 11.6 Å². The minimum atomic E-state index is -0.356. The number of furan rings is 1. The number of rotatable bonds is 7. The van der Waals surface area contributed by atoms with E-state index in [-0.39, 0.29) is 22.9 Å². The van der Waals surface area contributed by atoms with Crippen molar-refractivity contribution in [1.29, 1.82) is 0 Å². The third-order valence-corrected chi connectivity index (χ3v) is 4.94. The fourth-order valence-electron chi connectivity index (χ4n) is 3.03. The third-order valence-electron chi connectivity index (χ3n) is 4.65. The smallest absolute Gasteiger partial charge is 0.245 e. The number of nitrogens with zero attached hydrogens (tertiary/aromatic N) is 5. The molecule has 10 nitrogen and oxygen atoms in total. The Hall–Kier alpha value is -4.51. The number of nitrogens with one attached hydrogen (secondary N) is 2. The number of aromatic nitrogens is 4. The van der Waals surface area contributed by atoms with Gasteiger partial charge >= 0.3 is 0 Å². The van der Waals surface area contributed by atoms with Crippen LogP contribution in [0, 0.1) is 5.82 Å². The van der Waals surface area contributed by atoms with Crippen LogP contribution in [-0.4, -0.2) is 33.6 Å². The molecule has 0 saturated carbocycles. The average Bonchev–Trinajstić information content (AvgIpc) is 3.50. The Labute approximate surface area is 196 Å². The first-order chi connectivity index (χ1) is 16.6. The summed E-state index contributed by atoms with van der Waals surface area (Å²) in [6.45, 7) is 0. The van der Waals surface area contributed by atoms with Crippen molar-refractivity contribution in [3.05, 3.63) is 71.2 Å². The second-order valence-corrected chi connectivity index (χ2v) is 7.29. The number of ether oxygens (including phenoxy) is 1. The lowest BCUT2D eigenvalue weighted by Gasteiger charge is -2.09. The molecule has 5 rings (SSSR count). The molecule has 0 aliphatic heterocycles. The Kier molecular flexibility index (Phi) is 5.75. The molecule has 0 saturated heterocycles. The van der Waals surface area contributed by atoms with Crippen LogP contribution < -0.4 is 15.5 Å². The van der Waals surface area contributed by atoms with Crippen molar-refractivity contribution in [2.75, 3.05) is 17.9 Å². The normalized spacial score (nSPS) is 11.3. The van der Waals surface area contributed by atoms with Crippen molar-refractivity contribution < 1.29 is 18.2 Å². The van der Waals surface area contributed by atoms with E-state index in [1.54, 1.807) is 43.5 Å². The second kappa shape index (κ2) is 9.16. The Balaban J connectivity index is 1.36. The molecular weight excluding hydrogens is 465 g/mol. The SMILES string of the molecule is COc1ccc(-c2ccc(/C=N/Nc3nc4nonc4nc3Nc3ccc(F)cc3)o2)cc1Cl. The zero-order valence-electron chi connectivity index (χ0n) is 17.5. The van der Waals surface area contributed by atoms with E-state index in [0.717, 1.165) is 5.56 Å². The molecule has 5 aromatic rings. The van der Waals surface area contributed by atoms with Crippen molar-refractivity contribution in [3.63, 3.8) is 0 Å². The molecule has 0 unspecified atom stereocenters. The van der Waals surface area contributed by atoms with E-state index in [2.05, 4.69) is 40.8 Å². The Bertz CT molecular complexity index is 1480. The number of benzene rings is 2. The van der Waals surface area contributed by atoms with Crippen molar-refractivity contribution in [2.24, 2.45) is 5.10 Å². The van der Waals surface area contributed by atoms with Gasteiger partial charge in [0.1, 0.15) is 23.1 Å². The standard InChI is InChI=1S/C22H15ClFN7O3/c1-32-18-8-2-12(10-16(18)23)17-9-7-15(33-17)11-25-29-20-19(26-14-5-3-13(24)4-6-14)27-21-22(28-20)31-34-30-21/h2-11H,1H3,(H,26,27,30)(H,28,29,31)/b25-11+. The first-order valence-corrected chi connectivity index (χ1v) is 10.2. The van der Waals surface area contributed by atoms with Gasteiger partial charge < -0.3 is 14.5 Å². The van der Waals surface area contributed by atoms with E-state index in [9.17, 15) is 4.39 Å². The fraction of sp³-hybridized carbons (Fsp3) is 0.0455. The molecule has 0 radical (unpaired) electrons. The van der Waals surface area contributed by atoms with Gasteiger partial charge in [0.2, 0.25) is 11.3 Å². The minimum Gasteiger partial charge on any atom is -0.495 e. The number of hydrogen-bond donors (Lipinski definition) is 2. The lowest BCUT2D eigenvalue weighted by molar-refractivity contribution is 0.314. The van der Waals surface area contributed by atoms with Gasteiger partial charge in [0, 0.05) is 11.3 Å². The molecule has 3 heterocycles. The summed E-state index contributed by atoms with van der Waals surface area (Å²) >= 11 is 6.19. The van der Waals surface area contributed by atoms with Crippen LogP contribution in [-0.2, 0) is 0 Å². The number of anilines is 3. The molecule has 0 aliphatic carbocycles. The van der Waals surface area contributed by atoms with Gasteiger partial charge in [-0.05, 0) is 64.9 Å². The van der Waals surface area contributed by atoms with Gasteiger partial charge in [-0.3, -0.25) is 5.43 Å². The summed E-state index contributed by atoms with van der Waals surface area (Å²) < 4.78 is 28.9. The molecule has 34 heavy (non-hydrogen) atoms. The number of fused-ring (bicyclic) bond motifs is 1. The highest BCUT2D eigenvalue weighted by molar-refractivity contribution is 6.32. The van der Waals surface area contributed by atoms with Crippen LogP contribution in [0.3, 0.4) is 0 Å². The zero-order chi connectivity index (χ0) is 23.5. The third kappa shape index (κ3) is 4.50. The molecule has 0 amide bonds. The highest BCUT2D eigenvalue weighted by atomic mass is 35.5. The van der Waals surface area contributed by atoms with Crippen LogP contribution in [0.15, 0.2) is 68.7 Å². The topological polar surface area (TPSA) is 123 Å². The molecule has 0 aliphatic rings. The summed E-state index contributed by atoms with van der Waals surface area (Å²) in [5, 5.41) is 15.1. The first-order valence-electron chi connectivity index (χ1n) is 9.85. The number of hydrazone groups is 1. The predicted molar refractivity (Wildman–Crippen MR) is 124 cm³/mol. The van der Waals surface area contributed by atoms with Crippen LogP contribution in [0.2, 0.25) is 5.02 Å².